The molecule has 5 heteroatoms. The zero-order valence-corrected chi connectivity index (χ0v) is 11.9. The summed E-state index contributed by atoms with van der Waals surface area (Å²) in [5.74, 6) is -0.593. The normalized spacial score (nSPS) is 19.7. The predicted octanol–water partition coefficient (Wildman–Crippen LogP) is 0.265. The molecule has 0 amide bonds. The maximum atomic E-state index is 10.4. The molecule has 0 unspecified atom stereocenters. The second-order valence-electron chi connectivity index (χ2n) is 5.14. The number of hydrogen-bond donors (Lipinski definition) is 2. The maximum Gasteiger partial charge on any atom is 1.00 e. The van der Waals surface area contributed by atoms with Crippen molar-refractivity contribution in [3.8, 4) is 0 Å². The number of carboxylic acid groups (broad SMARTS) is 2. The summed E-state index contributed by atoms with van der Waals surface area (Å²) in [7, 11) is 0. The summed E-state index contributed by atoms with van der Waals surface area (Å²) in [6.45, 7) is 0. The second-order valence-corrected chi connectivity index (χ2v) is 5.14. The van der Waals surface area contributed by atoms with E-state index in [1.165, 1.54) is 12.8 Å². The van der Waals surface area contributed by atoms with Crippen LogP contribution in [0, 0.1) is 11.8 Å². The molecule has 0 radical (unpaired) electrons. The Bertz CT molecular complexity index is 241. The Kier molecular flexibility index (Phi) is 9.91. The molecule has 0 aliphatic heterocycles. The molecule has 0 atom stereocenters. The van der Waals surface area contributed by atoms with E-state index < -0.39 is 11.9 Å². The third-order valence-electron chi connectivity index (χ3n) is 3.71. The molecular weight excluding hydrogens is 239 g/mol. The van der Waals surface area contributed by atoms with Crippen molar-refractivity contribution in [1.29, 1.82) is 0 Å². The summed E-state index contributed by atoms with van der Waals surface area (Å²) in [6, 6.07) is 0. The van der Waals surface area contributed by atoms with Gasteiger partial charge in [0.1, 0.15) is 0 Å². The molecule has 4 nitrogen and oxygen atoms in total. The molecule has 0 spiro atoms. The summed E-state index contributed by atoms with van der Waals surface area (Å²) < 4.78 is 0. The summed E-state index contributed by atoms with van der Waals surface area (Å²) in [5, 5.41) is 17.0. The molecule has 2 aliphatic rings. The van der Waals surface area contributed by atoms with Crippen LogP contribution in [-0.2, 0) is 9.59 Å². The first kappa shape index (κ1) is 18.4. The van der Waals surface area contributed by atoms with Crippen LogP contribution in [0.1, 0.15) is 64.2 Å². The van der Waals surface area contributed by atoms with E-state index in [0.717, 1.165) is 57.3 Å². The molecule has 0 bridgehead atoms. The van der Waals surface area contributed by atoms with Crippen LogP contribution in [0.4, 0.5) is 0 Å². The third kappa shape index (κ3) is 7.54. The Morgan fingerprint density at radius 3 is 1.63 bits per heavy atom. The van der Waals surface area contributed by atoms with Crippen molar-refractivity contribution < 1.29 is 38.7 Å². The summed E-state index contributed by atoms with van der Waals surface area (Å²) in [6.07, 6.45) is 10.2. The van der Waals surface area contributed by atoms with Gasteiger partial charge in [-0.2, -0.15) is 12.8 Å². The van der Waals surface area contributed by atoms with Crippen LogP contribution < -0.4 is 18.9 Å². The van der Waals surface area contributed by atoms with Crippen LogP contribution >= 0.6 is 0 Å². The molecule has 104 valence electrons. The summed E-state index contributed by atoms with van der Waals surface area (Å²) in [5.41, 5.74) is 0. The van der Waals surface area contributed by atoms with Crippen LogP contribution in [0.25, 0.3) is 0 Å². The molecule has 2 N–H and O–H groups in total. The van der Waals surface area contributed by atoms with Gasteiger partial charge >= 0.3 is 24.8 Å². The van der Waals surface area contributed by atoms with Crippen LogP contribution in [0.5, 0.6) is 0 Å². The van der Waals surface area contributed by atoms with Crippen molar-refractivity contribution >= 4 is 11.9 Å². The van der Waals surface area contributed by atoms with Gasteiger partial charge in [0, 0.05) is 0 Å². The van der Waals surface area contributed by atoms with Gasteiger partial charge in [0.15, 0.2) is 5.97 Å². The van der Waals surface area contributed by atoms with Gasteiger partial charge in [0.2, 0.25) is 0 Å². The molecule has 0 aromatic rings. The van der Waals surface area contributed by atoms with Crippen molar-refractivity contribution in [2.45, 2.75) is 64.2 Å². The van der Waals surface area contributed by atoms with Crippen molar-refractivity contribution in [1.82, 2.24) is 0 Å². The molecule has 19 heavy (non-hydrogen) atoms. The molecule has 2 aliphatic carbocycles. The van der Waals surface area contributed by atoms with Crippen molar-refractivity contribution in [3.05, 3.63) is 5.92 Å². The Balaban J connectivity index is 0.000000324. The topological polar surface area (TPSA) is 74.6 Å². The minimum atomic E-state index is -0.685. The molecular formula is C14H23LiO4. The monoisotopic (exact) mass is 262 g/mol. The molecule has 2 rings (SSSR count). The summed E-state index contributed by atoms with van der Waals surface area (Å²) >= 11 is 0. The second kappa shape index (κ2) is 10.2. The van der Waals surface area contributed by atoms with Crippen molar-refractivity contribution in [2.24, 2.45) is 5.92 Å². The Hall–Kier alpha value is -0.593. The van der Waals surface area contributed by atoms with Crippen LogP contribution in [-0.4, -0.2) is 22.2 Å². The van der Waals surface area contributed by atoms with E-state index >= 15 is 0 Å². The number of rotatable bonds is 2. The Morgan fingerprint density at radius 1 is 0.842 bits per heavy atom. The molecule has 2 saturated carbocycles. The van der Waals surface area contributed by atoms with E-state index in [0.29, 0.717) is 0 Å². The quantitative estimate of drug-likeness (QED) is 0.553. The first-order valence-corrected chi connectivity index (χ1v) is 6.92. The van der Waals surface area contributed by atoms with E-state index in [9.17, 15) is 9.59 Å². The average Bonchev–Trinajstić information content (AvgIpc) is 2.41. The van der Waals surface area contributed by atoms with E-state index in [1.807, 2.05) is 0 Å². The van der Waals surface area contributed by atoms with Crippen LogP contribution in [0.3, 0.4) is 0 Å². The van der Waals surface area contributed by atoms with Gasteiger partial charge in [-0.3, -0.25) is 15.5 Å². The van der Waals surface area contributed by atoms with E-state index in [1.54, 1.807) is 0 Å². The number of aliphatic carboxylic acids is 2. The fourth-order valence-electron chi connectivity index (χ4n) is 2.54. The minimum absolute atomic E-state index is 0. The summed E-state index contributed by atoms with van der Waals surface area (Å²) in [4.78, 5) is 20.7. The first-order valence-electron chi connectivity index (χ1n) is 6.92. The standard InChI is InChI=1S/C7H12O2.C7H11O2.Li/c2*8-7(9)6-4-2-1-3-5-6;/h6H,1-5H2,(H,8,9);1-5H2,(H,8,9);/q;-1;+1. The molecule has 0 saturated heterocycles. The van der Waals surface area contributed by atoms with Gasteiger partial charge in [-0.15, -0.1) is 0 Å². The van der Waals surface area contributed by atoms with E-state index in [2.05, 4.69) is 0 Å². The van der Waals surface area contributed by atoms with Gasteiger partial charge < -0.3 is 10.2 Å². The van der Waals surface area contributed by atoms with E-state index in [4.69, 9.17) is 10.2 Å². The maximum absolute atomic E-state index is 10.4. The number of carboxylic acids is 2. The first-order chi connectivity index (χ1) is 8.61. The van der Waals surface area contributed by atoms with Gasteiger partial charge in [0.05, 0.1) is 5.92 Å². The van der Waals surface area contributed by atoms with Gasteiger partial charge in [-0.1, -0.05) is 38.5 Å². The molecule has 0 aromatic carbocycles. The molecule has 0 heterocycles. The Labute approximate surface area is 127 Å². The van der Waals surface area contributed by atoms with Gasteiger partial charge in [0.25, 0.3) is 0 Å². The van der Waals surface area contributed by atoms with Gasteiger partial charge in [-0.05, 0) is 12.8 Å². The van der Waals surface area contributed by atoms with Crippen molar-refractivity contribution in [3.63, 3.8) is 0 Å². The zero-order chi connectivity index (χ0) is 13.4. The predicted molar refractivity (Wildman–Crippen MR) is 68.2 cm³/mol. The SMILES string of the molecule is O=C(O)C1CCCCC1.O=C(O)[C-]1CCCCC1.[Li+]. The zero-order valence-electron chi connectivity index (χ0n) is 11.9. The number of carbonyl (C=O) groups is 2. The van der Waals surface area contributed by atoms with Crippen LogP contribution in [0.2, 0.25) is 0 Å². The van der Waals surface area contributed by atoms with Gasteiger partial charge in [-0.25, -0.2) is 0 Å². The van der Waals surface area contributed by atoms with Crippen molar-refractivity contribution in [2.75, 3.05) is 0 Å². The minimum Gasteiger partial charge on any atom is -0.503 e. The van der Waals surface area contributed by atoms with E-state index in [-0.39, 0.29) is 24.8 Å². The smallest absolute Gasteiger partial charge is 0.503 e. The fraction of sp³-hybridized carbons (Fsp3) is 0.786. The molecule has 0 aromatic heterocycles. The number of hydrogen-bond acceptors (Lipinski definition) is 2. The Morgan fingerprint density at radius 2 is 1.32 bits per heavy atom. The molecule has 2 fully saturated rings. The third-order valence-corrected chi connectivity index (χ3v) is 3.71. The average molecular weight is 262 g/mol. The largest absolute Gasteiger partial charge is 1.00 e. The fourth-order valence-corrected chi connectivity index (χ4v) is 2.54. The van der Waals surface area contributed by atoms with Crippen LogP contribution in [0.15, 0.2) is 0 Å².